The molecular formula is C20H22N4O2. The topological polar surface area (TPSA) is 56.8 Å². The molecule has 0 fully saturated rings. The highest BCUT2D eigenvalue weighted by atomic mass is 16.2. The van der Waals surface area contributed by atoms with E-state index in [-0.39, 0.29) is 11.9 Å². The van der Waals surface area contributed by atoms with Gasteiger partial charge in [-0.15, -0.1) is 0 Å². The molecule has 0 aliphatic carbocycles. The number of carbonyl (C=O) groups is 2. The van der Waals surface area contributed by atoms with Crippen molar-refractivity contribution in [1.29, 1.82) is 0 Å². The fourth-order valence-electron chi connectivity index (χ4n) is 3.82. The third kappa shape index (κ3) is 2.71. The van der Waals surface area contributed by atoms with Crippen LogP contribution in [0.5, 0.6) is 0 Å². The van der Waals surface area contributed by atoms with Crippen LogP contribution < -0.4 is 4.90 Å². The number of nitrogens with zero attached hydrogens (tertiary/aromatic N) is 4. The molecule has 3 heterocycles. The molecule has 6 heteroatoms. The van der Waals surface area contributed by atoms with Gasteiger partial charge in [-0.3, -0.25) is 9.78 Å². The minimum atomic E-state index is -0.0131. The lowest BCUT2D eigenvalue weighted by Gasteiger charge is -2.32. The summed E-state index contributed by atoms with van der Waals surface area (Å²) in [7, 11) is 3.50. The molecule has 0 unspecified atom stereocenters. The van der Waals surface area contributed by atoms with Gasteiger partial charge in [0.25, 0.3) is 5.91 Å². The molecule has 0 spiro atoms. The Balaban J connectivity index is 1.63. The van der Waals surface area contributed by atoms with Crippen LogP contribution in [0.15, 0.2) is 36.7 Å². The first-order valence-electron chi connectivity index (χ1n) is 8.88. The van der Waals surface area contributed by atoms with Crippen molar-refractivity contribution < 1.29 is 9.59 Å². The number of anilines is 1. The van der Waals surface area contributed by atoms with Gasteiger partial charge in [0.2, 0.25) is 0 Å². The molecule has 6 nitrogen and oxygen atoms in total. The Kier molecular flexibility index (Phi) is 4.11. The number of aromatic nitrogens is 1. The Morgan fingerprint density at radius 2 is 1.85 bits per heavy atom. The lowest BCUT2D eigenvalue weighted by atomic mass is 9.96. The molecule has 2 aromatic rings. The Hall–Kier alpha value is -2.89. The van der Waals surface area contributed by atoms with Crippen LogP contribution in [0.1, 0.15) is 27.0 Å². The predicted octanol–water partition coefficient (Wildman–Crippen LogP) is 2.32. The highest BCUT2D eigenvalue weighted by Gasteiger charge is 2.30. The van der Waals surface area contributed by atoms with E-state index in [1.165, 1.54) is 5.56 Å². The van der Waals surface area contributed by atoms with E-state index < -0.39 is 0 Å². The van der Waals surface area contributed by atoms with Gasteiger partial charge in [0.1, 0.15) is 0 Å². The molecule has 1 aromatic carbocycles. The molecule has 26 heavy (non-hydrogen) atoms. The first-order valence-corrected chi connectivity index (χ1v) is 8.88. The van der Waals surface area contributed by atoms with Gasteiger partial charge < -0.3 is 14.7 Å². The zero-order chi connectivity index (χ0) is 18.3. The Labute approximate surface area is 153 Å². The van der Waals surface area contributed by atoms with Crippen LogP contribution in [0.4, 0.5) is 10.5 Å². The van der Waals surface area contributed by atoms with Crippen LogP contribution in [0, 0.1) is 0 Å². The van der Waals surface area contributed by atoms with E-state index in [9.17, 15) is 9.59 Å². The zero-order valence-corrected chi connectivity index (χ0v) is 15.1. The van der Waals surface area contributed by atoms with Crippen molar-refractivity contribution in [2.45, 2.75) is 19.4 Å². The molecule has 1 aromatic heterocycles. The van der Waals surface area contributed by atoms with E-state index in [4.69, 9.17) is 0 Å². The van der Waals surface area contributed by atoms with Crippen molar-refractivity contribution in [2.75, 3.05) is 32.1 Å². The number of urea groups is 1. The predicted molar refractivity (Wildman–Crippen MR) is 99.3 cm³/mol. The molecule has 0 saturated carbocycles. The molecule has 0 saturated heterocycles. The number of pyridine rings is 1. The summed E-state index contributed by atoms with van der Waals surface area (Å²) in [6.45, 7) is 1.81. The van der Waals surface area contributed by atoms with Gasteiger partial charge in [-0.05, 0) is 35.6 Å². The van der Waals surface area contributed by atoms with Crippen molar-refractivity contribution in [3.05, 3.63) is 58.9 Å². The second kappa shape index (κ2) is 6.44. The molecule has 0 radical (unpaired) electrons. The van der Waals surface area contributed by atoms with Crippen LogP contribution >= 0.6 is 0 Å². The van der Waals surface area contributed by atoms with Crippen LogP contribution in [0.3, 0.4) is 0 Å². The van der Waals surface area contributed by atoms with Crippen molar-refractivity contribution in [3.8, 4) is 0 Å². The number of carbonyl (C=O) groups excluding carboxylic acids is 2. The largest absolute Gasteiger partial charge is 0.331 e. The third-order valence-electron chi connectivity index (χ3n) is 5.16. The first kappa shape index (κ1) is 16.6. The summed E-state index contributed by atoms with van der Waals surface area (Å²) in [4.78, 5) is 34.9. The number of rotatable bonds is 1. The molecule has 0 N–H and O–H groups in total. The summed E-state index contributed by atoms with van der Waals surface area (Å²) >= 11 is 0. The lowest BCUT2D eigenvalue weighted by Crippen LogP contribution is -2.42. The molecular weight excluding hydrogens is 328 g/mol. The quantitative estimate of drug-likeness (QED) is 0.793. The molecule has 134 valence electrons. The van der Waals surface area contributed by atoms with Crippen molar-refractivity contribution in [1.82, 2.24) is 14.8 Å². The lowest BCUT2D eigenvalue weighted by molar-refractivity contribution is 0.0987. The summed E-state index contributed by atoms with van der Waals surface area (Å²) in [6.07, 6.45) is 5.01. The van der Waals surface area contributed by atoms with Crippen molar-refractivity contribution >= 4 is 17.6 Å². The molecule has 4 rings (SSSR count). The normalized spacial score (nSPS) is 15.5. The van der Waals surface area contributed by atoms with Gasteiger partial charge in [0.15, 0.2) is 0 Å². The molecule has 0 bridgehead atoms. The zero-order valence-electron chi connectivity index (χ0n) is 15.1. The summed E-state index contributed by atoms with van der Waals surface area (Å²) in [5.41, 5.74) is 4.86. The van der Waals surface area contributed by atoms with Gasteiger partial charge in [-0.25, -0.2) is 4.79 Å². The van der Waals surface area contributed by atoms with Gasteiger partial charge in [0.05, 0.1) is 5.56 Å². The van der Waals surface area contributed by atoms with Crippen LogP contribution in [0.25, 0.3) is 0 Å². The Morgan fingerprint density at radius 1 is 1.04 bits per heavy atom. The summed E-state index contributed by atoms with van der Waals surface area (Å²) in [5.74, 6) is 0.00619. The van der Waals surface area contributed by atoms with E-state index in [1.54, 1.807) is 36.3 Å². The summed E-state index contributed by atoms with van der Waals surface area (Å²) in [5, 5.41) is 0. The maximum atomic E-state index is 13.2. The van der Waals surface area contributed by atoms with E-state index in [1.807, 2.05) is 23.1 Å². The average Bonchev–Trinajstić information content (AvgIpc) is 3.10. The minimum Gasteiger partial charge on any atom is -0.331 e. The molecule has 3 amide bonds. The maximum absolute atomic E-state index is 13.2. The number of fused-ring (bicyclic) bond motifs is 2. The minimum absolute atomic E-state index is 0.00619. The molecule has 2 aliphatic heterocycles. The van der Waals surface area contributed by atoms with Gasteiger partial charge in [0, 0.05) is 51.8 Å². The van der Waals surface area contributed by atoms with Gasteiger partial charge in [-0.1, -0.05) is 18.2 Å². The smallest absolute Gasteiger partial charge is 0.319 e. The fourth-order valence-corrected chi connectivity index (χ4v) is 3.82. The fraction of sp³-hybridized carbons (Fsp3) is 0.350. The van der Waals surface area contributed by atoms with Gasteiger partial charge in [-0.2, -0.15) is 0 Å². The van der Waals surface area contributed by atoms with Gasteiger partial charge >= 0.3 is 6.03 Å². The second-order valence-electron chi connectivity index (χ2n) is 7.01. The van der Waals surface area contributed by atoms with E-state index in [0.29, 0.717) is 31.6 Å². The average molecular weight is 350 g/mol. The van der Waals surface area contributed by atoms with E-state index >= 15 is 0 Å². The number of hydrogen-bond acceptors (Lipinski definition) is 3. The third-order valence-corrected chi connectivity index (χ3v) is 5.16. The monoisotopic (exact) mass is 350 g/mol. The maximum Gasteiger partial charge on any atom is 0.319 e. The van der Waals surface area contributed by atoms with Crippen molar-refractivity contribution in [2.24, 2.45) is 0 Å². The van der Waals surface area contributed by atoms with E-state index in [2.05, 4.69) is 11.1 Å². The summed E-state index contributed by atoms with van der Waals surface area (Å²) < 4.78 is 0. The van der Waals surface area contributed by atoms with Crippen molar-refractivity contribution in [3.63, 3.8) is 0 Å². The van der Waals surface area contributed by atoms with Crippen LogP contribution in [-0.2, 0) is 19.4 Å². The number of para-hydroxylation sites is 1. The summed E-state index contributed by atoms with van der Waals surface area (Å²) in [6, 6.07) is 8.04. The first-order chi connectivity index (χ1) is 12.6. The Bertz CT molecular complexity index is 878. The number of hydrogen-bond donors (Lipinski definition) is 0. The number of amides is 3. The van der Waals surface area contributed by atoms with Crippen LogP contribution in [-0.4, -0.2) is 53.9 Å². The highest BCUT2D eigenvalue weighted by Crippen LogP contribution is 2.30. The Morgan fingerprint density at radius 3 is 2.65 bits per heavy atom. The SMILES string of the molecule is CN(C)C(=O)N1CCc2c(cncc2C(=O)N2CCc3ccccc32)C1. The highest BCUT2D eigenvalue weighted by molar-refractivity contribution is 6.08. The standard InChI is InChI=1S/C20H22N4O2/c1-22(2)20(26)23-9-8-16-15(13-23)11-21-12-17(16)19(25)24-10-7-14-5-3-4-6-18(14)24/h3-6,11-12H,7-10,13H2,1-2H3. The molecule has 0 atom stereocenters. The van der Waals surface area contributed by atoms with E-state index in [0.717, 1.165) is 23.2 Å². The molecule has 2 aliphatic rings. The van der Waals surface area contributed by atoms with Crippen LogP contribution in [0.2, 0.25) is 0 Å². The number of benzene rings is 1. The second-order valence-corrected chi connectivity index (χ2v) is 7.01.